The second-order valence-corrected chi connectivity index (χ2v) is 4.78. The smallest absolute Gasteiger partial charge is 0.353 e. The van der Waals surface area contributed by atoms with Crippen LogP contribution in [0.1, 0.15) is 40.0 Å². The Kier molecular flexibility index (Phi) is 5.25. The maximum Gasteiger partial charge on any atom is 0.391 e. The van der Waals surface area contributed by atoms with Crippen LogP contribution in [-0.4, -0.2) is 23.7 Å². The molecule has 16 heavy (non-hydrogen) atoms. The van der Waals surface area contributed by atoms with Gasteiger partial charge in [-0.15, -0.1) is 0 Å². The molecule has 0 radical (unpaired) electrons. The van der Waals surface area contributed by atoms with Crippen LogP contribution in [0.25, 0.3) is 0 Å². The highest BCUT2D eigenvalue weighted by Crippen LogP contribution is 2.21. The first-order valence-electron chi connectivity index (χ1n) is 5.14. The van der Waals surface area contributed by atoms with Gasteiger partial charge in [-0.1, -0.05) is 0 Å². The first kappa shape index (κ1) is 15.2. The number of nitrogens with two attached hydrogens (primary N) is 1. The van der Waals surface area contributed by atoms with Gasteiger partial charge in [0.15, 0.2) is 0 Å². The Morgan fingerprint density at radius 1 is 1.38 bits per heavy atom. The number of hydrogen-bond acceptors (Lipinski definition) is 2. The highest BCUT2D eigenvalue weighted by molar-refractivity contribution is 5.76. The van der Waals surface area contributed by atoms with Crippen molar-refractivity contribution in [3.05, 3.63) is 0 Å². The van der Waals surface area contributed by atoms with Gasteiger partial charge in [-0.3, -0.25) is 4.79 Å². The quantitative estimate of drug-likeness (QED) is 0.771. The average molecular weight is 240 g/mol. The molecule has 3 N–H and O–H groups in total. The molecule has 0 bridgehead atoms. The summed E-state index contributed by atoms with van der Waals surface area (Å²) in [5, 5.41) is 2.29. The van der Waals surface area contributed by atoms with E-state index < -0.39 is 30.1 Å². The lowest BCUT2D eigenvalue weighted by molar-refractivity contribution is -0.141. The third-order valence-corrected chi connectivity index (χ3v) is 1.94. The monoisotopic (exact) mass is 240 g/mol. The fraction of sp³-hybridized carbons (Fsp3) is 0.900. The molecule has 6 heteroatoms. The van der Waals surface area contributed by atoms with E-state index in [0.717, 1.165) is 0 Å². The van der Waals surface area contributed by atoms with E-state index in [1.807, 2.05) is 0 Å². The zero-order chi connectivity index (χ0) is 13.0. The second-order valence-electron chi connectivity index (χ2n) is 4.78. The maximum absolute atomic E-state index is 12.0. The third kappa shape index (κ3) is 9.76. The highest BCUT2D eigenvalue weighted by Gasteiger charge is 2.30. The van der Waals surface area contributed by atoms with Crippen molar-refractivity contribution in [1.82, 2.24) is 5.32 Å². The topological polar surface area (TPSA) is 55.1 Å². The number of amides is 1. The largest absolute Gasteiger partial charge is 0.391 e. The summed E-state index contributed by atoms with van der Waals surface area (Å²) in [5.74, 6) is -0.393. The number of halogens is 3. The fourth-order valence-electron chi connectivity index (χ4n) is 1.18. The lowest BCUT2D eigenvalue weighted by Crippen LogP contribution is -2.38. The third-order valence-electron chi connectivity index (χ3n) is 1.94. The van der Waals surface area contributed by atoms with Crippen molar-refractivity contribution in [1.29, 1.82) is 0 Å². The van der Waals surface area contributed by atoms with Crippen molar-refractivity contribution in [2.24, 2.45) is 5.73 Å². The van der Waals surface area contributed by atoms with E-state index in [2.05, 4.69) is 5.32 Å². The molecule has 0 spiro atoms. The first-order valence-corrected chi connectivity index (χ1v) is 5.14. The summed E-state index contributed by atoms with van der Waals surface area (Å²) in [6.07, 6.45) is -4.67. The molecule has 1 atom stereocenters. The van der Waals surface area contributed by atoms with Gasteiger partial charge in [-0.25, -0.2) is 0 Å². The van der Waals surface area contributed by atoms with Gasteiger partial charge < -0.3 is 11.1 Å². The number of carbonyl (C=O) groups excluding carboxylic acids is 1. The van der Waals surface area contributed by atoms with Gasteiger partial charge in [0.1, 0.15) is 0 Å². The summed E-state index contributed by atoms with van der Waals surface area (Å²) in [5.41, 5.74) is 5.17. The maximum atomic E-state index is 12.0. The van der Waals surface area contributed by atoms with E-state index >= 15 is 0 Å². The van der Waals surface area contributed by atoms with Crippen LogP contribution < -0.4 is 11.1 Å². The molecule has 0 saturated carbocycles. The van der Waals surface area contributed by atoms with Crippen molar-refractivity contribution in [2.75, 3.05) is 0 Å². The fourth-order valence-corrected chi connectivity index (χ4v) is 1.18. The molecular weight excluding hydrogens is 221 g/mol. The van der Waals surface area contributed by atoms with E-state index in [0.29, 0.717) is 6.42 Å². The highest BCUT2D eigenvalue weighted by atomic mass is 19.4. The van der Waals surface area contributed by atoms with E-state index in [1.165, 1.54) is 6.92 Å². The Morgan fingerprint density at radius 2 is 1.88 bits per heavy atom. The Balaban J connectivity index is 3.88. The first-order chi connectivity index (χ1) is 6.99. The molecular formula is C10H19F3N2O. The molecule has 0 fully saturated rings. The van der Waals surface area contributed by atoms with Crippen molar-refractivity contribution in [3.8, 4) is 0 Å². The van der Waals surface area contributed by atoms with Gasteiger partial charge in [-0.2, -0.15) is 13.2 Å². The molecule has 1 amide bonds. The average Bonchev–Trinajstić information content (AvgIpc) is 1.95. The zero-order valence-corrected chi connectivity index (χ0v) is 9.82. The summed E-state index contributed by atoms with van der Waals surface area (Å²) in [4.78, 5) is 11.3. The predicted molar refractivity (Wildman–Crippen MR) is 55.8 cm³/mol. The van der Waals surface area contributed by atoms with Crippen LogP contribution in [0.5, 0.6) is 0 Å². The van der Waals surface area contributed by atoms with Gasteiger partial charge >= 0.3 is 6.18 Å². The molecule has 0 saturated heterocycles. The summed E-state index contributed by atoms with van der Waals surface area (Å²) in [6, 6.07) is -0.895. The lowest BCUT2D eigenvalue weighted by atomic mass is 10.00. The number of carbonyl (C=O) groups is 1. The van der Waals surface area contributed by atoms with E-state index in [4.69, 9.17) is 5.73 Å². The SMILES string of the molecule is CC(CC(F)(F)F)NC(=O)CCC(C)(C)N. The van der Waals surface area contributed by atoms with E-state index in [9.17, 15) is 18.0 Å². The summed E-state index contributed by atoms with van der Waals surface area (Å²) >= 11 is 0. The van der Waals surface area contributed by atoms with Gasteiger partial charge in [0.25, 0.3) is 0 Å². The standard InChI is InChI=1S/C10H19F3N2O/c1-7(6-10(11,12)13)15-8(16)4-5-9(2,3)14/h7H,4-6,14H2,1-3H3,(H,15,16). The number of nitrogens with one attached hydrogen (secondary N) is 1. The van der Waals surface area contributed by atoms with Gasteiger partial charge in [0.05, 0.1) is 6.42 Å². The van der Waals surface area contributed by atoms with Crippen molar-refractivity contribution in [2.45, 2.75) is 57.8 Å². The minimum absolute atomic E-state index is 0.145. The van der Waals surface area contributed by atoms with Crippen LogP contribution in [0.3, 0.4) is 0 Å². The number of rotatable bonds is 5. The zero-order valence-electron chi connectivity index (χ0n) is 9.82. The second kappa shape index (κ2) is 5.52. The summed E-state index contributed by atoms with van der Waals surface area (Å²) in [6.45, 7) is 4.86. The molecule has 1 unspecified atom stereocenters. The number of alkyl halides is 3. The minimum atomic E-state index is -4.25. The lowest BCUT2D eigenvalue weighted by Gasteiger charge is -2.19. The molecule has 0 aliphatic heterocycles. The Labute approximate surface area is 93.6 Å². The van der Waals surface area contributed by atoms with Crippen LogP contribution in [0, 0.1) is 0 Å². The van der Waals surface area contributed by atoms with Crippen molar-refractivity contribution >= 4 is 5.91 Å². The van der Waals surface area contributed by atoms with Crippen molar-refractivity contribution in [3.63, 3.8) is 0 Å². The molecule has 0 aromatic carbocycles. The van der Waals surface area contributed by atoms with E-state index in [1.54, 1.807) is 13.8 Å². The summed E-state index contributed by atoms with van der Waals surface area (Å²) in [7, 11) is 0. The number of hydrogen-bond donors (Lipinski definition) is 2. The molecule has 0 aliphatic carbocycles. The summed E-state index contributed by atoms with van der Waals surface area (Å²) < 4.78 is 35.9. The van der Waals surface area contributed by atoms with Crippen molar-refractivity contribution < 1.29 is 18.0 Å². The van der Waals surface area contributed by atoms with Crippen LogP contribution in [0.15, 0.2) is 0 Å². The molecule has 0 aromatic rings. The van der Waals surface area contributed by atoms with Gasteiger partial charge in [-0.05, 0) is 27.2 Å². The van der Waals surface area contributed by atoms with E-state index in [-0.39, 0.29) is 6.42 Å². The molecule has 0 rings (SSSR count). The van der Waals surface area contributed by atoms with Crippen LogP contribution in [0.2, 0.25) is 0 Å². The Bertz CT molecular complexity index is 233. The Hall–Kier alpha value is -0.780. The minimum Gasteiger partial charge on any atom is -0.353 e. The van der Waals surface area contributed by atoms with Crippen LogP contribution in [-0.2, 0) is 4.79 Å². The van der Waals surface area contributed by atoms with Crippen LogP contribution in [0.4, 0.5) is 13.2 Å². The molecule has 0 aliphatic rings. The van der Waals surface area contributed by atoms with Gasteiger partial charge in [0.2, 0.25) is 5.91 Å². The molecule has 0 heterocycles. The van der Waals surface area contributed by atoms with Crippen LogP contribution >= 0.6 is 0 Å². The molecule has 96 valence electrons. The molecule has 3 nitrogen and oxygen atoms in total. The predicted octanol–water partition coefficient (Wildman–Crippen LogP) is 1.96. The Morgan fingerprint density at radius 3 is 2.25 bits per heavy atom. The normalized spacial score (nSPS) is 14.7. The van der Waals surface area contributed by atoms with Gasteiger partial charge in [0, 0.05) is 18.0 Å². The molecule has 0 aromatic heterocycles.